The van der Waals surface area contributed by atoms with E-state index in [4.69, 9.17) is 9.73 Å². The number of hydrogen-bond donors (Lipinski definition) is 1. The van der Waals surface area contributed by atoms with Gasteiger partial charge >= 0.3 is 5.97 Å². The van der Waals surface area contributed by atoms with Crippen molar-refractivity contribution in [1.29, 1.82) is 0 Å². The van der Waals surface area contributed by atoms with Gasteiger partial charge in [-0.25, -0.2) is 9.79 Å². The average molecular weight is 477 g/mol. The lowest BCUT2D eigenvalue weighted by Crippen LogP contribution is -2.38. The summed E-state index contributed by atoms with van der Waals surface area (Å²) in [6, 6.07) is 11.9. The smallest absolute Gasteiger partial charge is 0.347 e. The van der Waals surface area contributed by atoms with E-state index in [0.29, 0.717) is 5.75 Å². The van der Waals surface area contributed by atoms with Gasteiger partial charge in [0.25, 0.3) is 0 Å². The quantitative estimate of drug-likeness (QED) is 0.277. The molecule has 186 valence electrons. The number of benzene rings is 2. The lowest BCUT2D eigenvalue weighted by molar-refractivity contribution is -0.152. The van der Waals surface area contributed by atoms with Crippen molar-refractivity contribution in [2.75, 3.05) is 13.1 Å². The second kappa shape index (κ2) is 11.3. The van der Waals surface area contributed by atoms with E-state index in [1.807, 2.05) is 44.2 Å². The molecule has 1 saturated heterocycles. The molecule has 2 aromatic carbocycles. The maximum atomic E-state index is 12.9. The van der Waals surface area contributed by atoms with Crippen LogP contribution in [0.3, 0.4) is 0 Å². The molecule has 3 rings (SSSR count). The molecule has 2 aromatic rings. The first-order valence-corrected chi connectivity index (χ1v) is 12.3. The van der Waals surface area contributed by atoms with Gasteiger partial charge in [0.1, 0.15) is 11.6 Å². The first-order chi connectivity index (χ1) is 16.6. The van der Waals surface area contributed by atoms with Crippen molar-refractivity contribution in [3.05, 3.63) is 64.7 Å². The van der Waals surface area contributed by atoms with E-state index in [1.54, 1.807) is 12.2 Å². The molecule has 0 radical (unpaired) electrons. The topological polar surface area (TPSA) is 79.2 Å². The minimum atomic E-state index is -1.33. The summed E-state index contributed by atoms with van der Waals surface area (Å²) in [4.78, 5) is 31.5. The molecule has 0 spiro atoms. The van der Waals surface area contributed by atoms with Crippen molar-refractivity contribution < 1.29 is 19.4 Å². The van der Waals surface area contributed by atoms with Gasteiger partial charge in [0.05, 0.1) is 12.1 Å². The maximum absolute atomic E-state index is 12.9. The SMILES string of the molecule is CCc1ccccc1/N=C(\CC(=O)/C=C/c1cc(C)c(OC(C)(C)C(=O)O)c(C)c1)N1CCCC1. The van der Waals surface area contributed by atoms with Crippen LogP contribution in [-0.4, -0.2) is 46.3 Å². The lowest BCUT2D eigenvalue weighted by atomic mass is 10.0. The van der Waals surface area contributed by atoms with Gasteiger partial charge < -0.3 is 14.7 Å². The molecule has 1 heterocycles. The summed E-state index contributed by atoms with van der Waals surface area (Å²) in [5.74, 6) is 0.346. The summed E-state index contributed by atoms with van der Waals surface area (Å²) in [5, 5.41) is 9.37. The molecule has 35 heavy (non-hydrogen) atoms. The standard InChI is InChI=1S/C29H36N2O4/c1-6-23-11-7-8-12-25(23)30-26(31-15-9-10-16-31)19-24(32)14-13-22-17-20(2)27(21(3)18-22)35-29(4,5)28(33)34/h7-8,11-14,17-18H,6,9-10,15-16,19H2,1-5H3,(H,33,34)/b14-13+,30-26+. The zero-order chi connectivity index (χ0) is 25.6. The molecule has 0 aliphatic carbocycles. The number of aliphatic carboxylic acids is 1. The van der Waals surface area contributed by atoms with Gasteiger partial charge in [0.15, 0.2) is 11.4 Å². The van der Waals surface area contributed by atoms with Crippen LogP contribution in [0.15, 0.2) is 47.5 Å². The Balaban J connectivity index is 1.79. The number of carbonyl (C=O) groups excluding carboxylic acids is 1. The van der Waals surface area contributed by atoms with Crippen LogP contribution in [0.4, 0.5) is 5.69 Å². The molecule has 0 aromatic heterocycles. The number of ketones is 1. The minimum absolute atomic E-state index is 0.00715. The second-order valence-electron chi connectivity index (χ2n) is 9.58. The van der Waals surface area contributed by atoms with E-state index in [-0.39, 0.29) is 12.2 Å². The fraction of sp³-hybridized carbons (Fsp3) is 0.414. The molecule has 0 amide bonds. The summed E-state index contributed by atoms with van der Waals surface area (Å²) in [6.07, 6.45) is 6.78. The Morgan fingerprint density at radius 1 is 1.11 bits per heavy atom. The number of aryl methyl sites for hydroxylation is 3. The summed E-state index contributed by atoms with van der Waals surface area (Å²) in [5.41, 5.74) is 3.28. The van der Waals surface area contributed by atoms with Crippen LogP contribution in [0.2, 0.25) is 0 Å². The number of ether oxygens (including phenoxy) is 1. The molecule has 6 nitrogen and oxygen atoms in total. The van der Waals surface area contributed by atoms with E-state index in [9.17, 15) is 14.7 Å². The highest BCUT2D eigenvalue weighted by atomic mass is 16.5. The number of carboxylic acid groups (broad SMARTS) is 1. The molecular formula is C29H36N2O4. The first-order valence-electron chi connectivity index (χ1n) is 12.3. The molecule has 0 unspecified atom stereocenters. The zero-order valence-electron chi connectivity index (χ0n) is 21.4. The molecule has 6 heteroatoms. The number of carboxylic acids is 1. The van der Waals surface area contributed by atoms with Gasteiger partial charge in [0.2, 0.25) is 0 Å². The van der Waals surface area contributed by atoms with Crippen molar-refractivity contribution in [2.45, 2.75) is 65.9 Å². The second-order valence-corrected chi connectivity index (χ2v) is 9.58. The van der Waals surface area contributed by atoms with Gasteiger partial charge in [-0.2, -0.15) is 0 Å². The Hall–Kier alpha value is -3.41. The molecular weight excluding hydrogens is 440 g/mol. The van der Waals surface area contributed by atoms with Gasteiger partial charge in [-0.3, -0.25) is 4.79 Å². The van der Waals surface area contributed by atoms with Gasteiger partial charge in [-0.05, 0) is 93.5 Å². The molecule has 1 N–H and O–H groups in total. The van der Waals surface area contributed by atoms with Crippen LogP contribution < -0.4 is 4.74 Å². The average Bonchev–Trinajstić information content (AvgIpc) is 3.35. The predicted molar refractivity (Wildman–Crippen MR) is 141 cm³/mol. The number of amidine groups is 1. The number of rotatable bonds is 9. The van der Waals surface area contributed by atoms with E-state index < -0.39 is 11.6 Å². The third-order valence-electron chi connectivity index (χ3n) is 6.24. The van der Waals surface area contributed by atoms with Gasteiger partial charge in [0, 0.05) is 13.1 Å². The first kappa shape index (κ1) is 26.2. The molecule has 1 aliphatic rings. The monoisotopic (exact) mass is 476 g/mol. The van der Waals surface area contributed by atoms with Gasteiger partial charge in [-0.15, -0.1) is 0 Å². The van der Waals surface area contributed by atoms with Crippen LogP contribution in [0, 0.1) is 13.8 Å². The van der Waals surface area contributed by atoms with Crippen LogP contribution in [0.1, 0.15) is 62.3 Å². The van der Waals surface area contributed by atoms with Crippen LogP contribution in [-0.2, 0) is 16.0 Å². The Kier molecular flexibility index (Phi) is 8.49. The summed E-state index contributed by atoms with van der Waals surface area (Å²) >= 11 is 0. The number of para-hydroxylation sites is 1. The molecule has 1 fully saturated rings. The Morgan fingerprint density at radius 3 is 2.34 bits per heavy atom. The van der Waals surface area contributed by atoms with Crippen molar-refractivity contribution in [1.82, 2.24) is 4.90 Å². The van der Waals surface area contributed by atoms with Crippen LogP contribution in [0.25, 0.3) is 6.08 Å². The van der Waals surface area contributed by atoms with Crippen LogP contribution >= 0.6 is 0 Å². The minimum Gasteiger partial charge on any atom is -0.478 e. The zero-order valence-corrected chi connectivity index (χ0v) is 21.4. The maximum Gasteiger partial charge on any atom is 0.347 e. The number of hydrogen-bond acceptors (Lipinski definition) is 4. The van der Waals surface area contributed by atoms with E-state index in [0.717, 1.165) is 60.6 Å². The summed E-state index contributed by atoms with van der Waals surface area (Å²) in [7, 11) is 0. The highest BCUT2D eigenvalue weighted by Gasteiger charge is 2.30. The Morgan fingerprint density at radius 2 is 1.74 bits per heavy atom. The number of likely N-dealkylation sites (tertiary alicyclic amines) is 1. The van der Waals surface area contributed by atoms with Crippen molar-refractivity contribution >= 4 is 29.4 Å². The summed E-state index contributed by atoms with van der Waals surface area (Å²) in [6.45, 7) is 10.8. The highest BCUT2D eigenvalue weighted by Crippen LogP contribution is 2.29. The van der Waals surface area contributed by atoms with Crippen molar-refractivity contribution in [3.63, 3.8) is 0 Å². The fourth-order valence-corrected chi connectivity index (χ4v) is 4.20. The Labute approximate surface area is 208 Å². The normalized spacial score (nSPS) is 14.5. The van der Waals surface area contributed by atoms with E-state index in [1.165, 1.54) is 19.4 Å². The fourth-order valence-electron chi connectivity index (χ4n) is 4.20. The van der Waals surface area contributed by atoms with Crippen molar-refractivity contribution in [2.24, 2.45) is 4.99 Å². The molecule has 0 saturated carbocycles. The van der Waals surface area contributed by atoms with E-state index >= 15 is 0 Å². The number of aliphatic imine (C=N–C) groups is 1. The molecule has 0 bridgehead atoms. The predicted octanol–water partition coefficient (Wildman–Crippen LogP) is 5.91. The van der Waals surface area contributed by atoms with Crippen LogP contribution in [0.5, 0.6) is 5.75 Å². The highest BCUT2D eigenvalue weighted by molar-refractivity contribution is 6.08. The van der Waals surface area contributed by atoms with E-state index in [2.05, 4.69) is 17.9 Å². The van der Waals surface area contributed by atoms with Gasteiger partial charge in [-0.1, -0.05) is 31.2 Å². The molecule has 0 atom stereocenters. The Bertz CT molecular complexity index is 1120. The third-order valence-corrected chi connectivity index (χ3v) is 6.24. The molecule has 1 aliphatic heterocycles. The third kappa shape index (κ3) is 6.81. The summed E-state index contributed by atoms with van der Waals surface area (Å²) < 4.78 is 5.78. The largest absolute Gasteiger partial charge is 0.478 e. The van der Waals surface area contributed by atoms with Crippen molar-refractivity contribution in [3.8, 4) is 5.75 Å². The lowest BCUT2D eigenvalue weighted by Gasteiger charge is -2.24. The number of allylic oxidation sites excluding steroid dienone is 1. The number of nitrogens with zero attached hydrogens (tertiary/aromatic N) is 2. The number of carbonyl (C=O) groups is 2.